The molecular weight excluding hydrogens is 207 g/mol. The Kier molecular flexibility index (Phi) is 4.18. The Balaban J connectivity index is 3.69. The van der Waals surface area contributed by atoms with E-state index in [4.69, 9.17) is 0 Å². The van der Waals surface area contributed by atoms with Gasteiger partial charge < -0.3 is 4.74 Å². The van der Waals surface area contributed by atoms with Crippen LogP contribution in [0.25, 0.3) is 0 Å². The van der Waals surface area contributed by atoms with Gasteiger partial charge in [-0.1, -0.05) is 0 Å². The van der Waals surface area contributed by atoms with Gasteiger partial charge in [0.1, 0.15) is 6.42 Å². The Bertz CT molecular complexity index is 146. The van der Waals surface area contributed by atoms with Crippen LogP contribution in [0.1, 0.15) is 6.42 Å². The predicted molar refractivity (Wildman–Crippen MR) is 35.5 cm³/mol. The molecule has 5 heteroatoms. The molecule has 1 unspecified atom stereocenters. The van der Waals surface area contributed by atoms with E-state index in [1.54, 1.807) is 0 Å². The third-order valence-electron chi connectivity index (χ3n) is 0.790. The Labute approximate surface area is 65.7 Å². The molecule has 0 aliphatic heterocycles. The molecular formula is C5H6BrFO3. The summed E-state index contributed by atoms with van der Waals surface area (Å²) in [6.45, 7) is 0. The smallest absolute Gasteiger partial charge is 0.313 e. The van der Waals surface area contributed by atoms with Crippen molar-refractivity contribution in [2.45, 2.75) is 11.5 Å². The van der Waals surface area contributed by atoms with Gasteiger partial charge in [-0.05, 0) is 15.9 Å². The van der Waals surface area contributed by atoms with Crippen LogP contribution in [-0.2, 0) is 14.3 Å². The molecule has 0 saturated carbocycles. The average molecular weight is 213 g/mol. The normalized spacial score (nSPS) is 12.3. The van der Waals surface area contributed by atoms with Crippen LogP contribution in [0, 0.1) is 0 Å². The van der Waals surface area contributed by atoms with E-state index in [0.29, 0.717) is 0 Å². The molecule has 3 nitrogen and oxygen atoms in total. The van der Waals surface area contributed by atoms with Gasteiger partial charge in [-0.25, -0.2) is 4.39 Å². The number of rotatable bonds is 3. The monoisotopic (exact) mass is 212 g/mol. The zero-order valence-corrected chi connectivity index (χ0v) is 6.85. The fraction of sp³-hybridized carbons (Fsp3) is 0.600. The van der Waals surface area contributed by atoms with Crippen molar-refractivity contribution in [3.63, 3.8) is 0 Å². The molecule has 1 atom stereocenters. The Morgan fingerprint density at radius 1 is 1.70 bits per heavy atom. The molecule has 0 heterocycles. The maximum atomic E-state index is 12.0. The zero-order valence-electron chi connectivity index (χ0n) is 5.27. The Morgan fingerprint density at radius 2 is 2.20 bits per heavy atom. The quantitative estimate of drug-likeness (QED) is 0.395. The van der Waals surface area contributed by atoms with Crippen LogP contribution in [0.3, 0.4) is 0 Å². The van der Waals surface area contributed by atoms with Gasteiger partial charge in [0.05, 0.1) is 7.11 Å². The summed E-state index contributed by atoms with van der Waals surface area (Å²) >= 11 is 2.37. The van der Waals surface area contributed by atoms with Crippen LogP contribution in [0.4, 0.5) is 4.39 Å². The number of ether oxygens (including phenoxy) is 1. The summed E-state index contributed by atoms with van der Waals surface area (Å²) in [7, 11) is 1.14. The van der Waals surface area contributed by atoms with E-state index in [1.807, 2.05) is 0 Å². The maximum absolute atomic E-state index is 12.0. The van der Waals surface area contributed by atoms with Crippen molar-refractivity contribution >= 4 is 27.7 Å². The molecule has 0 spiro atoms. The first-order valence-electron chi connectivity index (χ1n) is 2.45. The number of carbonyl (C=O) groups is 2. The Morgan fingerprint density at radius 3 is 2.50 bits per heavy atom. The fourth-order valence-electron chi connectivity index (χ4n) is 0.292. The fourth-order valence-corrected chi connectivity index (χ4v) is 0.453. The molecule has 0 N–H and O–H groups in total. The highest BCUT2D eigenvalue weighted by Gasteiger charge is 2.16. The molecule has 0 aliphatic rings. The van der Waals surface area contributed by atoms with Crippen LogP contribution >= 0.6 is 15.9 Å². The number of carbonyl (C=O) groups excluding carboxylic acids is 2. The average Bonchev–Trinajstić information content (AvgIpc) is 1.87. The summed E-state index contributed by atoms with van der Waals surface area (Å²) < 4.78 is 16.1. The second-order valence-electron chi connectivity index (χ2n) is 1.52. The lowest BCUT2D eigenvalue weighted by Crippen LogP contribution is -2.14. The highest BCUT2D eigenvalue weighted by molar-refractivity contribution is 9.09. The second kappa shape index (κ2) is 4.38. The molecule has 10 heavy (non-hydrogen) atoms. The van der Waals surface area contributed by atoms with Gasteiger partial charge in [-0.3, -0.25) is 9.59 Å². The molecule has 0 aromatic rings. The number of hydrogen-bond acceptors (Lipinski definition) is 3. The van der Waals surface area contributed by atoms with Crippen molar-refractivity contribution in [1.29, 1.82) is 0 Å². The van der Waals surface area contributed by atoms with E-state index in [0.717, 1.165) is 7.11 Å². The predicted octanol–water partition coefficient (Wildman–Crippen LogP) is 0.809. The third kappa shape index (κ3) is 3.55. The van der Waals surface area contributed by atoms with Crippen molar-refractivity contribution in [3.05, 3.63) is 0 Å². The topological polar surface area (TPSA) is 43.4 Å². The van der Waals surface area contributed by atoms with Gasteiger partial charge in [-0.15, -0.1) is 0 Å². The van der Waals surface area contributed by atoms with Crippen molar-refractivity contribution in [2.24, 2.45) is 0 Å². The summed E-state index contributed by atoms with van der Waals surface area (Å²) in [6.07, 6.45) is -0.525. The van der Waals surface area contributed by atoms with E-state index < -0.39 is 23.3 Å². The second-order valence-corrected chi connectivity index (χ2v) is 2.32. The number of esters is 1. The van der Waals surface area contributed by atoms with E-state index in [-0.39, 0.29) is 0 Å². The van der Waals surface area contributed by atoms with Crippen molar-refractivity contribution < 1.29 is 18.7 Å². The lowest BCUT2D eigenvalue weighted by atomic mass is 10.3. The molecule has 0 rings (SSSR count). The molecule has 0 saturated heterocycles. The summed E-state index contributed by atoms with van der Waals surface area (Å²) in [5.41, 5.74) is 0. The summed E-state index contributed by atoms with van der Waals surface area (Å²) in [5.74, 6) is -1.56. The number of hydrogen-bond donors (Lipinski definition) is 0. The lowest BCUT2D eigenvalue weighted by molar-refractivity contribution is -0.143. The minimum atomic E-state index is -1.77. The van der Waals surface area contributed by atoms with Crippen LogP contribution in [0.2, 0.25) is 0 Å². The number of halogens is 2. The van der Waals surface area contributed by atoms with Crippen molar-refractivity contribution in [2.75, 3.05) is 7.11 Å². The van der Waals surface area contributed by atoms with E-state index in [2.05, 4.69) is 20.7 Å². The van der Waals surface area contributed by atoms with E-state index in [1.165, 1.54) is 0 Å². The van der Waals surface area contributed by atoms with E-state index >= 15 is 0 Å². The van der Waals surface area contributed by atoms with Crippen molar-refractivity contribution in [1.82, 2.24) is 0 Å². The first-order valence-corrected chi connectivity index (χ1v) is 3.37. The molecule has 0 aromatic carbocycles. The van der Waals surface area contributed by atoms with Crippen LogP contribution in [0.15, 0.2) is 0 Å². The van der Waals surface area contributed by atoms with Crippen LogP contribution in [-0.4, -0.2) is 23.9 Å². The van der Waals surface area contributed by atoms with Gasteiger partial charge in [0.15, 0.2) is 5.78 Å². The molecule has 0 radical (unpaired) electrons. The van der Waals surface area contributed by atoms with Gasteiger partial charge in [-0.2, -0.15) is 0 Å². The number of alkyl halides is 2. The maximum Gasteiger partial charge on any atom is 0.313 e. The SMILES string of the molecule is COC(=O)CC(=O)C(F)Br. The van der Waals surface area contributed by atoms with Gasteiger partial charge in [0.25, 0.3) is 0 Å². The first kappa shape index (κ1) is 9.55. The Hall–Kier alpha value is -0.450. The van der Waals surface area contributed by atoms with Crippen molar-refractivity contribution in [3.8, 4) is 0 Å². The summed E-state index contributed by atoms with van der Waals surface area (Å²) in [4.78, 5) is 20.7. The highest BCUT2D eigenvalue weighted by Crippen LogP contribution is 2.04. The minimum Gasteiger partial charge on any atom is -0.469 e. The lowest BCUT2D eigenvalue weighted by Gasteiger charge is -1.97. The minimum absolute atomic E-state index is 0.525. The molecule has 0 amide bonds. The molecule has 0 aliphatic carbocycles. The molecule has 0 fully saturated rings. The third-order valence-corrected chi connectivity index (χ3v) is 1.30. The first-order chi connectivity index (χ1) is 4.57. The summed E-state index contributed by atoms with van der Waals surface area (Å²) in [5, 5.41) is -1.77. The number of ketones is 1. The van der Waals surface area contributed by atoms with E-state index in [9.17, 15) is 14.0 Å². The standard InChI is InChI=1S/C5H6BrFO3/c1-10-4(9)2-3(8)5(6)7/h5H,2H2,1H3. The van der Waals surface area contributed by atoms with Gasteiger partial charge >= 0.3 is 5.97 Å². The van der Waals surface area contributed by atoms with Gasteiger partial charge in [0.2, 0.25) is 5.08 Å². The van der Waals surface area contributed by atoms with Crippen LogP contribution < -0.4 is 0 Å². The molecule has 0 bridgehead atoms. The zero-order chi connectivity index (χ0) is 8.15. The van der Waals surface area contributed by atoms with Crippen LogP contribution in [0.5, 0.6) is 0 Å². The molecule has 58 valence electrons. The number of Topliss-reactive ketones (excluding diaryl/α,β-unsaturated/α-hetero) is 1. The largest absolute Gasteiger partial charge is 0.469 e. The summed E-state index contributed by atoms with van der Waals surface area (Å²) in [6, 6.07) is 0. The molecule has 0 aromatic heterocycles. The highest BCUT2D eigenvalue weighted by atomic mass is 79.9. The van der Waals surface area contributed by atoms with Gasteiger partial charge in [0, 0.05) is 0 Å². The number of methoxy groups -OCH3 is 1.